The standard InChI is InChI=1S/C11H10N2O3S/c1-6-4-17-10(11(15)16-2)9(6)7-3-8(14)13-5-12-7/h3-5H,1-2H3,(H,12,13,14). The predicted molar refractivity (Wildman–Crippen MR) is 64.2 cm³/mol. The van der Waals surface area contributed by atoms with E-state index >= 15 is 0 Å². The maximum Gasteiger partial charge on any atom is 0.348 e. The molecule has 5 nitrogen and oxygen atoms in total. The first kappa shape index (κ1) is 11.5. The molecule has 0 unspecified atom stereocenters. The number of methoxy groups -OCH3 is 1. The van der Waals surface area contributed by atoms with E-state index in [0.717, 1.165) is 5.56 Å². The smallest absolute Gasteiger partial charge is 0.348 e. The van der Waals surface area contributed by atoms with Crippen LogP contribution < -0.4 is 5.56 Å². The lowest BCUT2D eigenvalue weighted by Gasteiger charge is -2.02. The lowest BCUT2D eigenvalue weighted by atomic mass is 10.1. The molecule has 0 atom stereocenters. The molecule has 1 N–H and O–H groups in total. The number of nitrogens with one attached hydrogen (secondary N) is 1. The highest BCUT2D eigenvalue weighted by Crippen LogP contribution is 2.30. The molecule has 0 spiro atoms. The third-order valence-corrected chi connectivity index (χ3v) is 3.36. The predicted octanol–water partition coefficient (Wildman–Crippen LogP) is 1.59. The van der Waals surface area contributed by atoms with Gasteiger partial charge < -0.3 is 9.72 Å². The second-order valence-electron chi connectivity index (χ2n) is 3.41. The van der Waals surface area contributed by atoms with Crippen LogP contribution >= 0.6 is 11.3 Å². The van der Waals surface area contributed by atoms with Gasteiger partial charge in [0.1, 0.15) is 4.88 Å². The van der Waals surface area contributed by atoms with Gasteiger partial charge in [0.25, 0.3) is 5.56 Å². The van der Waals surface area contributed by atoms with Gasteiger partial charge in [0.15, 0.2) is 0 Å². The van der Waals surface area contributed by atoms with Crippen molar-refractivity contribution < 1.29 is 9.53 Å². The summed E-state index contributed by atoms with van der Waals surface area (Å²) >= 11 is 1.28. The average Bonchev–Trinajstić information content (AvgIpc) is 2.70. The van der Waals surface area contributed by atoms with Crippen LogP contribution in [-0.4, -0.2) is 23.0 Å². The SMILES string of the molecule is COC(=O)c1scc(C)c1-c1cc(=O)[nH]cn1. The monoisotopic (exact) mass is 250 g/mol. The number of aromatic amines is 1. The normalized spacial score (nSPS) is 10.2. The van der Waals surface area contributed by atoms with Gasteiger partial charge in [-0.25, -0.2) is 9.78 Å². The maximum atomic E-state index is 11.6. The van der Waals surface area contributed by atoms with E-state index in [2.05, 4.69) is 9.97 Å². The first-order valence-corrected chi connectivity index (χ1v) is 5.73. The number of rotatable bonds is 2. The van der Waals surface area contributed by atoms with Crippen molar-refractivity contribution in [2.24, 2.45) is 0 Å². The molecular weight excluding hydrogens is 240 g/mol. The van der Waals surface area contributed by atoms with Crippen molar-refractivity contribution in [1.29, 1.82) is 0 Å². The summed E-state index contributed by atoms with van der Waals surface area (Å²) in [5.41, 5.74) is 1.78. The van der Waals surface area contributed by atoms with Crippen molar-refractivity contribution in [2.75, 3.05) is 7.11 Å². The molecule has 0 aromatic carbocycles. The third kappa shape index (κ3) is 2.12. The lowest BCUT2D eigenvalue weighted by Crippen LogP contribution is -2.06. The lowest BCUT2D eigenvalue weighted by molar-refractivity contribution is 0.0607. The van der Waals surface area contributed by atoms with Gasteiger partial charge in [0.05, 0.1) is 19.1 Å². The fraction of sp³-hybridized carbons (Fsp3) is 0.182. The molecule has 0 radical (unpaired) electrons. The van der Waals surface area contributed by atoms with Crippen LogP contribution in [0.25, 0.3) is 11.3 Å². The Morgan fingerprint density at radius 1 is 1.53 bits per heavy atom. The highest BCUT2D eigenvalue weighted by Gasteiger charge is 2.19. The van der Waals surface area contributed by atoms with Gasteiger partial charge in [-0.05, 0) is 17.9 Å². The summed E-state index contributed by atoms with van der Waals surface area (Å²) in [7, 11) is 1.33. The molecule has 0 amide bonds. The molecule has 0 bridgehead atoms. The van der Waals surface area contributed by atoms with Gasteiger partial charge in [-0.15, -0.1) is 11.3 Å². The molecule has 6 heteroatoms. The summed E-state index contributed by atoms with van der Waals surface area (Å²) in [6.07, 6.45) is 1.32. The van der Waals surface area contributed by atoms with Crippen LogP contribution in [-0.2, 0) is 4.74 Å². The van der Waals surface area contributed by atoms with Crippen molar-refractivity contribution in [3.8, 4) is 11.3 Å². The van der Waals surface area contributed by atoms with E-state index in [0.29, 0.717) is 16.1 Å². The number of aryl methyl sites for hydroxylation is 1. The van der Waals surface area contributed by atoms with Crippen LogP contribution in [0.1, 0.15) is 15.2 Å². The summed E-state index contributed by atoms with van der Waals surface area (Å²) in [5, 5.41) is 1.84. The molecule has 2 rings (SSSR count). The summed E-state index contributed by atoms with van der Waals surface area (Å²) in [4.78, 5) is 29.8. The van der Waals surface area contributed by atoms with E-state index in [4.69, 9.17) is 4.74 Å². The third-order valence-electron chi connectivity index (χ3n) is 2.28. The molecule has 2 heterocycles. The van der Waals surface area contributed by atoms with E-state index in [1.807, 2.05) is 12.3 Å². The zero-order valence-corrected chi connectivity index (χ0v) is 10.1. The molecular formula is C11H10N2O3S. The molecule has 2 aromatic heterocycles. The molecule has 0 fully saturated rings. The fourth-order valence-electron chi connectivity index (χ4n) is 1.51. The summed E-state index contributed by atoms with van der Waals surface area (Å²) in [5.74, 6) is -0.416. The molecule has 0 saturated heterocycles. The van der Waals surface area contributed by atoms with Gasteiger partial charge >= 0.3 is 5.97 Å². The van der Waals surface area contributed by atoms with Gasteiger partial charge in [0.2, 0.25) is 0 Å². The second kappa shape index (κ2) is 4.50. The minimum Gasteiger partial charge on any atom is -0.465 e. The van der Waals surface area contributed by atoms with Crippen LogP contribution in [0, 0.1) is 6.92 Å². The number of thiophene rings is 1. The highest BCUT2D eigenvalue weighted by molar-refractivity contribution is 7.12. The van der Waals surface area contributed by atoms with Gasteiger partial charge in [0, 0.05) is 11.6 Å². The maximum absolute atomic E-state index is 11.6. The summed E-state index contributed by atoms with van der Waals surface area (Å²) < 4.78 is 4.70. The van der Waals surface area contributed by atoms with Crippen LogP contribution in [0.2, 0.25) is 0 Å². The Morgan fingerprint density at radius 2 is 2.29 bits per heavy atom. The number of aromatic nitrogens is 2. The number of carbonyl (C=O) groups is 1. The molecule has 0 aliphatic heterocycles. The molecule has 2 aromatic rings. The van der Waals surface area contributed by atoms with Crippen molar-refractivity contribution in [3.05, 3.63) is 38.6 Å². The molecule has 17 heavy (non-hydrogen) atoms. The summed E-state index contributed by atoms with van der Waals surface area (Å²) in [6, 6.07) is 1.36. The second-order valence-corrected chi connectivity index (χ2v) is 4.29. The zero-order chi connectivity index (χ0) is 12.4. The largest absolute Gasteiger partial charge is 0.465 e. The Hall–Kier alpha value is -1.95. The number of carbonyl (C=O) groups excluding carboxylic acids is 1. The Balaban J connectivity index is 2.62. The van der Waals surface area contributed by atoms with Gasteiger partial charge in [-0.1, -0.05) is 0 Å². The van der Waals surface area contributed by atoms with Crippen LogP contribution in [0.4, 0.5) is 0 Å². The zero-order valence-electron chi connectivity index (χ0n) is 9.31. The quantitative estimate of drug-likeness (QED) is 0.821. The molecule has 0 saturated carbocycles. The minimum atomic E-state index is -0.416. The summed E-state index contributed by atoms with van der Waals surface area (Å²) in [6.45, 7) is 1.86. The number of esters is 1. The Kier molecular flexibility index (Phi) is 3.06. The van der Waals surface area contributed by atoms with E-state index in [1.165, 1.54) is 30.8 Å². The number of hydrogen-bond donors (Lipinski definition) is 1. The molecule has 88 valence electrons. The van der Waals surface area contributed by atoms with Crippen LogP contribution in [0.3, 0.4) is 0 Å². The Labute approximate surface area is 101 Å². The van der Waals surface area contributed by atoms with Crippen LogP contribution in [0.5, 0.6) is 0 Å². The Morgan fingerprint density at radius 3 is 2.94 bits per heavy atom. The Bertz CT molecular complexity index is 615. The minimum absolute atomic E-state index is 0.253. The van der Waals surface area contributed by atoms with Gasteiger partial charge in [-0.2, -0.15) is 0 Å². The molecule has 0 aliphatic rings. The fourth-order valence-corrected chi connectivity index (χ4v) is 2.49. The number of nitrogens with zero attached hydrogens (tertiary/aromatic N) is 1. The molecule has 0 aliphatic carbocycles. The van der Waals surface area contributed by atoms with Crippen molar-refractivity contribution >= 4 is 17.3 Å². The van der Waals surface area contributed by atoms with Gasteiger partial charge in [-0.3, -0.25) is 4.79 Å². The van der Waals surface area contributed by atoms with E-state index < -0.39 is 5.97 Å². The van der Waals surface area contributed by atoms with Crippen molar-refractivity contribution in [2.45, 2.75) is 6.92 Å². The number of ether oxygens (including phenoxy) is 1. The van der Waals surface area contributed by atoms with E-state index in [-0.39, 0.29) is 5.56 Å². The topological polar surface area (TPSA) is 72.1 Å². The van der Waals surface area contributed by atoms with E-state index in [9.17, 15) is 9.59 Å². The van der Waals surface area contributed by atoms with E-state index in [1.54, 1.807) is 0 Å². The first-order chi connectivity index (χ1) is 8.13. The van der Waals surface area contributed by atoms with Crippen molar-refractivity contribution in [1.82, 2.24) is 9.97 Å². The average molecular weight is 250 g/mol. The highest BCUT2D eigenvalue weighted by atomic mass is 32.1. The number of hydrogen-bond acceptors (Lipinski definition) is 5. The van der Waals surface area contributed by atoms with Crippen molar-refractivity contribution in [3.63, 3.8) is 0 Å². The van der Waals surface area contributed by atoms with Crippen LogP contribution in [0.15, 0.2) is 22.6 Å². The number of H-pyrrole nitrogens is 1. The first-order valence-electron chi connectivity index (χ1n) is 4.85.